The zero-order valence-corrected chi connectivity index (χ0v) is 42.4. The number of rotatable bonds is 7. The van der Waals surface area contributed by atoms with E-state index in [9.17, 15) is 5.11 Å². The third kappa shape index (κ3) is 9.94. The third-order valence-electron chi connectivity index (χ3n) is 13.5. The van der Waals surface area contributed by atoms with Crippen LogP contribution in [0.25, 0.3) is 83.9 Å². The van der Waals surface area contributed by atoms with Crippen molar-refractivity contribution in [1.29, 1.82) is 0 Å². The van der Waals surface area contributed by atoms with Crippen LogP contribution in [-0.2, 0) is 27.1 Å². The largest absolute Gasteiger partial charge is 0.507 e. The van der Waals surface area contributed by atoms with E-state index < -0.39 is 85.6 Å². The zero-order chi connectivity index (χ0) is 66.7. The molecule has 0 saturated heterocycles. The molecule has 366 valence electrons. The van der Waals surface area contributed by atoms with Crippen molar-refractivity contribution in [1.82, 2.24) is 14.5 Å². The van der Waals surface area contributed by atoms with Crippen molar-refractivity contribution in [3.63, 3.8) is 0 Å². The Kier molecular flexibility index (Phi) is 8.13. The van der Waals surface area contributed by atoms with E-state index >= 15 is 0 Å². The maximum Gasteiger partial charge on any atom is 0.149 e. The van der Waals surface area contributed by atoms with Crippen LogP contribution in [0, 0.1) is 0 Å². The van der Waals surface area contributed by atoms with Gasteiger partial charge in [-0.15, -0.1) is 0 Å². The maximum atomic E-state index is 13.2. The molecule has 4 nitrogen and oxygen atoms in total. The molecular formula is C68H73N3O. The fourth-order valence-corrected chi connectivity index (χ4v) is 9.28. The highest BCUT2D eigenvalue weighted by Gasteiger charge is 2.30. The molecule has 0 aliphatic heterocycles. The van der Waals surface area contributed by atoms with Gasteiger partial charge in [0.05, 0.1) is 28.0 Å². The summed E-state index contributed by atoms with van der Waals surface area (Å²) in [6, 6.07) is 47.3. The molecule has 0 atom stereocenters. The molecule has 0 unspecified atom stereocenters. The zero-order valence-electron chi connectivity index (χ0n) is 60.4. The summed E-state index contributed by atoms with van der Waals surface area (Å²) >= 11 is 0. The van der Waals surface area contributed by atoms with E-state index in [1.807, 2.05) is 91.0 Å². The lowest BCUT2D eigenvalue weighted by atomic mass is 9.79. The van der Waals surface area contributed by atoms with Crippen LogP contribution in [-0.4, -0.2) is 19.6 Å². The summed E-state index contributed by atoms with van der Waals surface area (Å²) in [4.78, 5) is 10.2. The highest BCUT2D eigenvalue weighted by Crippen LogP contribution is 2.46. The van der Waals surface area contributed by atoms with E-state index in [1.54, 1.807) is 35.0 Å². The first-order chi connectivity index (χ1) is 41.3. The van der Waals surface area contributed by atoms with Crippen molar-refractivity contribution in [2.75, 3.05) is 0 Å². The molecule has 0 saturated carbocycles. The second-order valence-electron chi connectivity index (χ2n) is 22.1. The minimum atomic E-state index is -4.15. The Morgan fingerprint density at radius 2 is 0.986 bits per heavy atom. The average molecular weight is 966 g/mol. The van der Waals surface area contributed by atoms with Gasteiger partial charge in [-0.05, 0) is 131 Å². The molecule has 0 aliphatic carbocycles. The lowest BCUT2D eigenvalue weighted by Gasteiger charge is -2.27. The first-order valence-electron chi connectivity index (χ1n) is 33.2. The molecule has 0 spiro atoms. The number of imidazole rings is 1. The fraction of sp³-hybridized carbons (Fsp3) is 0.294. The van der Waals surface area contributed by atoms with Crippen LogP contribution >= 0.6 is 0 Å². The minimum Gasteiger partial charge on any atom is -0.507 e. The molecule has 2 heterocycles. The molecule has 7 aromatic carbocycles. The lowest BCUT2D eigenvalue weighted by Crippen LogP contribution is -2.17. The van der Waals surface area contributed by atoms with Gasteiger partial charge in [-0.1, -0.05) is 213 Å². The number of pyridine rings is 1. The fourth-order valence-electron chi connectivity index (χ4n) is 9.28. The van der Waals surface area contributed by atoms with Gasteiger partial charge in [-0.3, -0.25) is 9.55 Å². The number of hydrogen-bond acceptors (Lipinski definition) is 3. The normalized spacial score (nSPS) is 17.5. The molecule has 1 N–H and O–H groups in total. The van der Waals surface area contributed by atoms with Gasteiger partial charge in [-0.2, -0.15) is 0 Å². The predicted octanol–water partition coefficient (Wildman–Crippen LogP) is 18.6. The lowest BCUT2D eigenvalue weighted by molar-refractivity contribution is 0.446. The number of aromatic hydroxyl groups is 1. The van der Waals surface area contributed by atoms with Crippen molar-refractivity contribution in [3.05, 3.63) is 192 Å². The van der Waals surface area contributed by atoms with Crippen LogP contribution in [0.15, 0.2) is 164 Å². The minimum absolute atomic E-state index is 0.0668. The average Bonchev–Trinajstić information content (AvgIpc) is 1.20. The summed E-state index contributed by atoms with van der Waals surface area (Å²) in [6.45, 7) is -5.68. The van der Waals surface area contributed by atoms with Crippen LogP contribution in [0.4, 0.5) is 0 Å². The molecule has 0 amide bonds. The quantitative estimate of drug-likeness (QED) is 0.173. The number of phenolic OH excluding ortho intramolecular Hbond substituents is 1. The Bertz CT molecular complexity index is 4080. The van der Waals surface area contributed by atoms with Crippen LogP contribution in [0.3, 0.4) is 0 Å². The first-order valence-corrected chi connectivity index (χ1v) is 24.2. The van der Waals surface area contributed by atoms with Crippen molar-refractivity contribution >= 4 is 11.0 Å². The van der Waals surface area contributed by atoms with Crippen LogP contribution < -0.4 is 0 Å². The van der Waals surface area contributed by atoms with E-state index in [1.165, 1.54) is 5.56 Å². The van der Waals surface area contributed by atoms with Crippen LogP contribution in [0.2, 0.25) is 0 Å². The smallest absolute Gasteiger partial charge is 0.149 e. The number of hydrogen-bond donors (Lipinski definition) is 1. The van der Waals surface area contributed by atoms with Gasteiger partial charge in [0.15, 0.2) is 0 Å². The van der Waals surface area contributed by atoms with E-state index in [2.05, 4.69) is 92.6 Å². The van der Waals surface area contributed by atoms with E-state index in [0.29, 0.717) is 39.7 Å². The summed E-state index contributed by atoms with van der Waals surface area (Å²) in [5, 5.41) is 13.2. The number of fused-ring (bicyclic) bond motifs is 1. The topological polar surface area (TPSA) is 50.9 Å². The second-order valence-corrected chi connectivity index (χ2v) is 22.1. The van der Waals surface area contributed by atoms with Gasteiger partial charge >= 0.3 is 0 Å². The molecule has 72 heavy (non-hydrogen) atoms. The van der Waals surface area contributed by atoms with Crippen molar-refractivity contribution < 1.29 is 29.8 Å². The molecule has 9 rings (SSSR count). The summed E-state index contributed by atoms with van der Waals surface area (Å²) < 4.78 is 161. The molecule has 9 aromatic rings. The Morgan fingerprint density at radius 1 is 0.417 bits per heavy atom. The van der Waals surface area contributed by atoms with Gasteiger partial charge in [0.2, 0.25) is 0 Å². The molecular weight excluding hydrogens is 875 g/mol. The van der Waals surface area contributed by atoms with Crippen molar-refractivity contribution in [2.24, 2.45) is 0 Å². The van der Waals surface area contributed by atoms with Crippen molar-refractivity contribution in [3.8, 4) is 78.6 Å². The van der Waals surface area contributed by atoms with E-state index in [0.717, 1.165) is 45.0 Å². The van der Waals surface area contributed by atoms with Gasteiger partial charge in [0.1, 0.15) is 11.6 Å². The second kappa shape index (κ2) is 18.2. The molecule has 2 aromatic heterocycles. The summed E-state index contributed by atoms with van der Waals surface area (Å²) in [5.41, 5.74) is -1.41. The van der Waals surface area contributed by atoms with Crippen LogP contribution in [0.1, 0.15) is 156 Å². The Labute approximate surface area is 455 Å². The predicted molar refractivity (Wildman–Crippen MR) is 307 cm³/mol. The summed E-state index contributed by atoms with van der Waals surface area (Å²) in [5.74, 6) is -1.77. The molecule has 0 radical (unpaired) electrons. The number of phenols is 1. The summed E-state index contributed by atoms with van der Waals surface area (Å²) in [6.07, 6.45) is 1.74. The number of benzene rings is 7. The highest BCUT2D eigenvalue weighted by molar-refractivity contribution is 5.98. The highest BCUT2D eigenvalue weighted by atomic mass is 16.3. The SMILES string of the molecule is [2H]C([2H])([2H])C(c1cc(-c2nc3c(-c4cc(-c5cc(-c6ccc(C(C)(C)C)cc6)ccn5)cc(C(C)(C)C)c4)cccc3n2-c2ccc(-c3ccc(C(C)(C)C)cc3)cc2-c2ccccc2)c(O)c(C(C([2H])([2H])[2H])(C([2H])([2H])[2H])C([2H])([2H])[2H])c1)(C([2H])([2H])[2H])C([2H])([2H])[2H]. The molecule has 0 fully saturated rings. The van der Waals surface area contributed by atoms with Crippen molar-refractivity contribution in [2.45, 2.75) is 130 Å². The molecule has 0 aliphatic rings. The monoisotopic (exact) mass is 966 g/mol. The molecule has 4 heteroatoms. The van der Waals surface area contributed by atoms with Gasteiger partial charge in [-0.25, -0.2) is 4.98 Å². The maximum absolute atomic E-state index is 13.2. The number of nitrogens with zero attached hydrogens (tertiary/aromatic N) is 3. The Balaban J connectivity index is 1.47. The van der Waals surface area contributed by atoms with Gasteiger partial charge in [0, 0.05) is 53.1 Å². The standard InChI is InChI=1S/C68H73N3O/c1-64(2,3)50-29-24-43(25-30-50)46-28-33-59(55(39-46)45-20-17-16-18-21-45)71-60-23-19-22-54(61(60)70-63(71)56-41-53(67(10,11)12)42-57(62(56)72)68(13,14)15)48-36-49(38-52(37-48)66(7,8)9)58-40-47(34-35-69-58)44-26-31-51(32-27-44)65(4,5)6/h16-42,72H,1-15H3/i10D3,11D3,12D3,13D3,14D3,15D3. The van der Waals surface area contributed by atoms with E-state index in [-0.39, 0.29) is 21.9 Å². The number of aromatic nitrogens is 3. The number of para-hydroxylation sites is 1. The summed E-state index contributed by atoms with van der Waals surface area (Å²) in [7, 11) is 0. The van der Waals surface area contributed by atoms with Gasteiger partial charge in [0.25, 0.3) is 0 Å². The van der Waals surface area contributed by atoms with Gasteiger partial charge < -0.3 is 5.11 Å². The Morgan fingerprint density at radius 3 is 1.58 bits per heavy atom. The third-order valence-corrected chi connectivity index (χ3v) is 13.5. The van der Waals surface area contributed by atoms with Crippen LogP contribution in [0.5, 0.6) is 5.75 Å². The Hall–Kier alpha value is -7.04. The first kappa shape index (κ1) is 32.1. The molecule has 0 bridgehead atoms. The van der Waals surface area contributed by atoms with E-state index in [4.69, 9.17) is 34.6 Å².